The Morgan fingerprint density at radius 2 is 1.91 bits per heavy atom. The van der Waals surface area contributed by atoms with Crippen LogP contribution in [0.4, 0.5) is 13.2 Å². The largest absolute Gasteiger partial charge is 0.481 e. The minimum Gasteiger partial charge on any atom is -0.481 e. The molecule has 1 fully saturated rings. The Kier molecular flexibility index (Phi) is 4.68. The van der Waals surface area contributed by atoms with Crippen molar-refractivity contribution >= 4 is 11.9 Å². The van der Waals surface area contributed by atoms with Crippen LogP contribution in [0, 0.1) is 5.41 Å². The Hall–Kier alpha value is -2.05. The average Bonchev–Trinajstić information content (AvgIpc) is 2.95. The van der Waals surface area contributed by atoms with E-state index in [1.54, 1.807) is 37.3 Å². The maximum Gasteiger partial charge on any atom is 0.406 e. The van der Waals surface area contributed by atoms with Crippen molar-refractivity contribution in [1.29, 1.82) is 0 Å². The average molecular weight is 329 g/mol. The SMILES string of the molecule is CCC(C(=O)N1CCC(C(=O)O)(C(F)(F)F)C1)c1ccccc1. The number of carbonyl (C=O) groups excluding carboxylic acids is 1. The second-order valence-corrected chi connectivity index (χ2v) is 5.77. The summed E-state index contributed by atoms with van der Waals surface area (Å²) in [5.74, 6) is -2.94. The van der Waals surface area contributed by atoms with Crippen LogP contribution in [0.5, 0.6) is 0 Å². The van der Waals surface area contributed by atoms with Crippen LogP contribution in [0.25, 0.3) is 0 Å². The number of hydrogen-bond donors (Lipinski definition) is 1. The normalized spacial score (nSPS) is 22.9. The molecule has 2 rings (SSSR count). The van der Waals surface area contributed by atoms with Crippen LogP contribution in [0.2, 0.25) is 0 Å². The summed E-state index contributed by atoms with van der Waals surface area (Å²) in [5.41, 5.74) is -2.14. The molecule has 1 heterocycles. The second-order valence-electron chi connectivity index (χ2n) is 5.77. The number of nitrogens with zero attached hydrogens (tertiary/aromatic N) is 1. The number of alkyl halides is 3. The highest BCUT2D eigenvalue weighted by atomic mass is 19.4. The van der Waals surface area contributed by atoms with Crippen LogP contribution in [-0.2, 0) is 9.59 Å². The molecule has 1 saturated heterocycles. The fourth-order valence-corrected chi connectivity index (χ4v) is 2.98. The minimum absolute atomic E-state index is 0.200. The van der Waals surface area contributed by atoms with Gasteiger partial charge in [0, 0.05) is 13.1 Å². The molecule has 1 amide bonds. The van der Waals surface area contributed by atoms with Crippen LogP contribution in [0.15, 0.2) is 30.3 Å². The van der Waals surface area contributed by atoms with Gasteiger partial charge in [0.1, 0.15) is 0 Å². The number of carboxylic acids is 1. The molecule has 1 aliphatic heterocycles. The van der Waals surface area contributed by atoms with E-state index in [4.69, 9.17) is 5.11 Å². The summed E-state index contributed by atoms with van der Waals surface area (Å²) in [7, 11) is 0. The van der Waals surface area contributed by atoms with Crippen LogP contribution >= 0.6 is 0 Å². The van der Waals surface area contributed by atoms with Gasteiger partial charge in [-0.3, -0.25) is 9.59 Å². The molecule has 1 aromatic carbocycles. The van der Waals surface area contributed by atoms with Crippen LogP contribution in [0.3, 0.4) is 0 Å². The lowest BCUT2D eigenvalue weighted by Crippen LogP contribution is -2.48. The Balaban J connectivity index is 2.23. The van der Waals surface area contributed by atoms with E-state index in [0.29, 0.717) is 6.42 Å². The molecule has 2 atom stereocenters. The zero-order chi connectivity index (χ0) is 17.3. The Bertz CT molecular complexity index is 588. The molecule has 0 bridgehead atoms. The summed E-state index contributed by atoms with van der Waals surface area (Å²) in [6.45, 7) is 0.752. The van der Waals surface area contributed by atoms with E-state index in [1.807, 2.05) is 0 Å². The van der Waals surface area contributed by atoms with Crippen molar-refractivity contribution in [2.45, 2.75) is 31.9 Å². The van der Waals surface area contributed by atoms with Gasteiger partial charge in [0.05, 0.1) is 5.92 Å². The minimum atomic E-state index is -4.89. The third-order valence-electron chi connectivity index (χ3n) is 4.44. The molecule has 0 saturated carbocycles. The molecule has 126 valence electrons. The second kappa shape index (κ2) is 6.22. The van der Waals surface area contributed by atoms with Crippen LogP contribution in [-0.4, -0.2) is 41.1 Å². The van der Waals surface area contributed by atoms with Crippen molar-refractivity contribution in [2.24, 2.45) is 5.41 Å². The molecular weight excluding hydrogens is 311 g/mol. The molecule has 23 heavy (non-hydrogen) atoms. The van der Waals surface area contributed by atoms with E-state index >= 15 is 0 Å². The Labute approximate surface area is 131 Å². The number of hydrogen-bond acceptors (Lipinski definition) is 2. The number of halogens is 3. The first-order valence-corrected chi connectivity index (χ1v) is 7.37. The van der Waals surface area contributed by atoms with Gasteiger partial charge in [-0.25, -0.2) is 0 Å². The highest BCUT2D eigenvalue weighted by molar-refractivity contribution is 5.86. The van der Waals surface area contributed by atoms with E-state index in [2.05, 4.69) is 0 Å². The molecule has 0 aliphatic carbocycles. The number of amides is 1. The third-order valence-corrected chi connectivity index (χ3v) is 4.44. The van der Waals surface area contributed by atoms with E-state index in [0.717, 1.165) is 10.5 Å². The number of likely N-dealkylation sites (tertiary alicyclic amines) is 1. The van der Waals surface area contributed by atoms with Crippen molar-refractivity contribution in [1.82, 2.24) is 4.90 Å². The predicted molar refractivity (Wildman–Crippen MR) is 76.8 cm³/mol. The molecular formula is C16H18F3NO3. The van der Waals surface area contributed by atoms with Gasteiger partial charge in [0.2, 0.25) is 5.91 Å². The lowest BCUT2D eigenvalue weighted by molar-refractivity contribution is -0.227. The summed E-state index contributed by atoms with van der Waals surface area (Å²) in [6.07, 6.45) is -5.06. The van der Waals surface area contributed by atoms with E-state index < -0.39 is 42.4 Å². The Morgan fingerprint density at radius 1 is 1.30 bits per heavy atom. The van der Waals surface area contributed by atoms with Crippen molar-refractivity contribution in [3.05, 3.63) is 35.9 Å². The fraction of sp³-hybridized carbons (Fsp3) is 0.500. The number of aliphatic carboxylic acids is 1. The van der Waals surface area contributed by atoms with E-state index in [1.165, 1.54) is 0 Å². The zero-order valence-corrected chi connectivity index (χ0v) is 12.6. The molecule has 4 nitrogen and oxygen atoms in total. The van der Waals surface area contributed by atoms with Gasteiger partial charge in [0.25, 0.3) is 0 Å². The number of carboxylic acid groups (broad SMARTS) is 1. The summed E-state index contributed by atoms with van der Waals surface area (Å²) < 4.78 is 39.6. The summed E-state index contributed by atoms with van der Waals surface area (Å²) in [4.78, 5) is 24.8. The topological polar surface area (TPSA) is 57.6 Å². The Morgan fingerprint density at radius 3 is 2.35 bits per heavy atom. The molecule has 2 unspecified atom stereocenters. The first-order chi connectivity index (χ1) is 10.7. The van der Waals surface area contributed by atoms with Crippen molar-refractivity contribution in [2.75, 3.05) is 13.1 Å². The van der Waals surface area contributed by atoms with Gasteiger partial charge in [-0.2, -0.15) is 13.2 Å². The lowest BCUT2D eigenvalue weighted by atomic mass is 9.86. The van der Waals surface area contributed by atoms with Gasteiger partial charge >= 0.3 is 12.1 Å². The monoisotopic (exact) mass is 329 g/mol. The smallest absolute Gasteiger partial charge is 0.406 e. The van der Waals surface area contributed by atoms with Crippen molar-refractivity contribution in [3.8, 4) is 0 Å². The van der Waals surface area contributed by atoms with Gasteiger partial charge < -0.3 is 10.0 Å². The highest BCUT2D eigenvalue weighted by Crippen LogP contribution is 2.46. The first-order valence-electron chi connectivity index (χ1n) is 7.37. The predicted octanol–water partition coefficient (Wildman–Crippen LogP) is 3.05. The maximum atomic E-state index is 13.2. The molecule has 7 heteroatoms. The van der Waals surface area contributed by atoms with Crippen molar-refractivity contribution in [3.63, 3.8) is 0 Å². The van der Waals surface area contributed by atoms with Crippen LogP contribution in [0.1, 0.15) is 31.2 Å². The number of benzene rings is 1. The van der Waals surface area contributed by atoms with Gasteiger partial charge in [-0.05, 0) is 18.4 Å². The van der Waals surface area contributed by atoms with Gasteiger partial charge in [-0.15, -0.1) is 0 Å². The third kappa shape index (κ3) is 3.04. The molecule has 1 aromatic rings. The quantitative estimate of drug-likeness (QED) is 0.924. The molecule has 1 N–H and O–H groups in total. The number of carbonyl (C=O) groups is 2. The van der Waals surface area contributed by atoms with Crippen LogP contribution < -0.4 is 0 Å². The number of rotatable bonds is 4. The molecule has 0 spiro atoms. The lowest BCUT2D eigenvalue weighted by Gasteiger charge is -2.28. The van der Waals surface area contributed by atoms with Crippen molar-refractivity contribution < 1.29 is 27.9 Å². The van der Waals surface area contributed by atoms with E-state index in [-0.39, 0.29) is 6.54 Å². The highest BCUT2D eigenvalue weighted by Gasteiger charge is 2.64. The summed E-state index contributed by atoms with van der Waals surface area (Å²) in [5, 5.41) is 9.05. The molecule has 1 aliphatic rings. The zero-order valence-electron chi connectivity index (χ0n) is 12.6. The van der Waals surface area contributed by atoms with E-state index in [9.17, 15) is 22.8 Å². The fourth-order valence-electron chi connectivity index (χ4n) is 2.98. The van der Waals surface area contributed by atoms with Gasteiger partial charge in [0.15, 0.2) is 5.41 Å². The molecule has 0 radical (unpaired) electrons. The maximum absolute atomic E-state index is 13.2. The molecule has 0 aromatic heterocycles. The summed E-state index contributed by atoms with van der Waals surface area (Å²) >= 11 is 0. The summed E-state index contributed by atoms with van der Waals surface area (Å²) in [6, 6.07) is 8.79. The standard InChI is InChI=1S/C16H18F3NO3/c1-2-12(11-6-4-3-5-7-11)13(21)20-9-8-15(10-20,14(22)23)16(17,18)19/h3-7,12H,2,8-10H2,1H3,(H,22,23). The first kappa shape index (κ1) is 17.3. The van der Waals surface area contributed by atoms with Gasteiger partial charge in [-0.1, -0.05) is 37.3 Å².